The summed E-state index contributed by atoms with van der Waals surface area (Å²) in [5.74, 6) is -0.667. The summed E-state index contributed by atoms with van der Waals surface area (Å²) in [7, 11) is -4.30. The van der Waals surface area contributed by atoms with Gasteiger partial charge in [0.1, 0.15) is 6.54 Å². The highest BCUT2D eigenvalue weighted by Crippen LogP contribution is 2.27. The van der Waals surface area contributed by atoms with Crippen molar-refractivity contribution in [1.29, 1.82) is 0 Å². The van der Waals surface area contributed by atoms with E-state index >= 15 is 0 Å². The molecule has 72 valence electrons. The van der Waals surface area contributed by atoms with E-state index in [9.17, 15) is 9.36 Å². The predicted octanol–water partition coefficient (Wildman–Crippen LogP) is -0.378. The molecule has 0 saturated heterocycles. The van der Waals surface area contributed by atoms with E-state index in [1.165, 1.54) is 0 Å². The van der Waals surface area contributed by atoms with E-state index in [1.54, 1.807) is 5.09 Å². The van der Waals surface area contributed by atoms with Gasteiger partial charge < -0.3 is 14.5 Å². The molecular weight excluding hydrogens is 185 g/mol. The van der Waals surface area contributed by atoms with Crippen LogP contribution in [0, 0.1) is 0 Å². The zero-order valence-corrected chi connectivity index (χ0v) is 7.58. The molecule has 0 aromatic rings. The number of ether oxygens (including phenoxy) is 1. The summed E-state index contributed by atoms with van der Waals surface area (Å²) in [5.41, 5.74) is 0. The molecule has 3 N–H and O–H groups in total. The van der Waals surface area contributed by atoms with Gasteiger partial charge in [-0.15, -0.1) is 0 Å². The van der Waals surface area contributed by atoms with Crippen LogP contribution in [0.3, 0.4) is 0 Å². The maximum absolute atomic E-state index is 10.6. The second-order valence-corrected chi connectivity index (χ2v) is 3.50. The zero-order valence-electron chi connectivity index (χ0n) is 6.69. The van der Waals surface area contributed by atoms with Crippen LogP contribution in [0.1, 0.15) is 13.3 Å². The molecule has 0 amide bonds. The summed E-state index contributed by atoms with van der Waals surface area (Å²) in [6.07, 6.45) is 0.682. The SMILES string of the molecule is CCCOC(=O)CNP(=O)(O)O. The third-order valence-electron chi connectivity index (χ3n) is 0.897. The highest BCUT2D eigenvalue weighted by Gasteiger charge is 2.14. The van der Waals surface area contributed by atoms with Crippen LogP contribution in [0.2, 0.25) is 0 Å². The monoisotopic (exact) mass is 197 g/mol. The first-order chi connectivity index (χ1) is 5.45. The van der Waals surface area contributed by atoms with Crippen molar-refractivity contribution < 1.29 is 23.9 Å². The van der Waals surface area contributed by atoms with E-state index in [1.807, 2.05) is 6.92 Å². The second-order valence-electron chi connectivity index (χ2n) is 2.10. The largest absolute Gasteiger partial charge is 0.465 e. The van der Waals surface area contributed by atoms with Gasteiger partial charge in [0.25, 0.3) is 0 Å². The van der Waals surface area contributed by atoms with E-state index in [-0.39, 0.29) is 6.61 Å². The Morgan fingerprint density at radius 2 is 2.17 bits per heavy atom. The van der Waals surface area contributed by atoms with E-state index in [0.717, 1.165) is 0 Å². The van der Waals surface area contributed by atoms with E-state index in [2.05, 4.69) is 4.74 Å². The normalized spacial score (nSPS) is 11.2. The smallest absolute Gasteiger partial charge is 0.400 e. The lowest BCUT2D eigenvalue weighted by Gasteiger charge is -2.05. The first-order valence-electron chi connectivity index (χ1n) is 3.42. The van der Waals surface area contributed by atoms with Crippen LogP contribution in [0.5, 0.6) is 0 Å². The minimum absolute atomic E-state index is 0.266. The Balaban J connectivity index is 3.51. The summed E-state index contributed by atoms with van der Waals surface area (Å²) >= 11 is 0. The van der Waals surface area contributed by atoms with Crippen LogP contribution in [0.15, 0.2) is 0 Å². The number of carbonyl (C=O) groups excluding carboxylic acids is 1. The summed E-state index contributed by atoms with van der Waals surface area (Å²) in [6.45, 7) is 1.62. The summed E-state index contributed by atoms with van der Waals surface area (Å²) < 4.78 is 14.7. The molecule has 0 aromatic heterocycles. The van der Waals surface area contributed by atoms with E-state index in [0.29, 0.717) is 6.42 Å². The van der Waals surface area contributed by atoms with Gasteiger partial charge >= 0.3 is 13.7 Å². The molecular formula is C5H12NO5P. The maximum Gasteiger partial charge on any atom is 0.400 e. The fourth-order valence-electron chi connectivity index (χ4n) is 0.434. The molecule has 0 radical (unpaired) electrons. The minimum Gasteiger partial charge on any atom is -0.465 e. The molecule has 7 heteroatoms. The summed E-state index contributed by atoms with van der Waals surface area (Å²) in [4.78, 5) is 27.2. The first-order valence-corrected chi connectivity index (χ1v) is 5.03. The fraction of sp³-hybridized carbons (Fsp3) is 0.800. The Labute approximate surface area is 70.1 Å². The summed E-state index contributed by atoms with van der Waals surface area (Å²) in [6, 6.07) is 0. The van der Waals surface area contributed by atoms with E-state index in [4.69, 9.17) is 9.79 Å². The number of carbonyl (C=O) groups is 1. The molecule has 0 unspecified atom stereocenters. The standard InChI is InChI=1S/C5H12NO5P/c1-2-3-11-5(7)4-6-12(8,9)10/h2-4H2,1H3,(H3,6,8,9,10). The molecule has 0 rings (SSSR count). The Morgan fingerprint density at radius 3 is 2.58 bits per heavy atom. The average Bonchev–Trinajstić information content (AvgIpc) is 1.95. The lowest BCUT2D eigenvalue weighted by atomic mass is 10.5. The number of hydrogen-bond acceptors (Lipinski definition) is 3. The molecule has 0 atom stereocenters. The van der Waals surface area contributed by atoms with Crippen LogP contribution in [0.4, 0.5) is 0 Å². The zero-order chi connectivity index (χ0) is 9.61. The van der Waals surface area contributed by atoms with Crippen molar-refractivity contribution in [2.24, 2.45) is 0 Å². The lowest BCUT2D eigenvalue weighted by Crippen LogP contribution is -2.22. The Hall–Kier alpha value is -0.420. The molecule has 6 nitrogen and oxygen atoms in total. The van der Waals surface area contributed by atoms with Crippen molar-refractivity contribution in [3.63, 3.8) is 0 Å². The molecule has 0 bridgehead atoms. The highest BCUT2D eigenvalue weighted by molar-refractivity contribution is 7.49. The number of nitrogens with one attached hydrogen (secondary N) is 1. The van der Waals surface area contributed by atoms with Gasteiger partial charge in [-0.1, -0.05) is 6.92 Å². The lowest BCUT2D eigenvalue weighted by molar-refractivity contribution is -0.142. The highest BCUT2D eigenvalue weighted by atomic mass is 31.2. The predicted molar refractivity (Wildman–Crippen MR) is 41.3 cm³/mol. The van der Waals surface area contributed by atoms with Crippen LogP contribution in [-0.4, -0.2) is 28.9 Å². The van der Waals surface area contributed by atoms with Crippen molar-refractivity contribution in [3.05, 3.63) is 0 Å². The topological polar surface area (TPSA) is 95.9 Å². The van der Waals surface area contributed by atoms with Gasteiger partial charge in [-0.25, -0.2) is 9.65 Å². The van der Waals surface area contributed by atoms with Gasteiger partial charge in [0, 0.05) is 0 Å². The van der Waals surface area contributed by atoms with Gasteiger partial charge in [-0.05, 0) is 6.42 Å². The van der Waals surface area contributed by atoms with Gasteiger partial charge in [0.15, 0.2) is 0 Å². The minimum atomic E-state index is -4.30. The Morgan fingerprint density at radius 1 is 1.58 bits per heavy atom. The molecule has 0 aliphatic carbocycles. The van der Waals surface area contributed by atoms with Crippen LogP contribution < -0.4 is 5.09 Å². The molecule has 0 aromatic carbocycles. The van der Waals surface area contributed by atoms with Gasteiger partial charge in [-0.2, -0.15) is 0 Å². The van der Waals surface area contributed by atoms with Gasteiger partial charge in [0.05, 0.1) is 6.61 Å². The third-order valence-corrected chi connectivity index (χ3v) is 1.47. The van der Waals surface area contributed by atoms with E-state index < -0.39 is 20.3 Å². The molecule has 0 saturated carbocycles. The molecule has 0 aliphatic rings. The maximum atomic E-state index is 10.6. The first kappa shape index (κ1) is 11.6. The van der Waals surface area contributed by atoms with Crippen molar-refractivity contribution in [2.75, 3.05) is 13.2 Å². The van der Waals surface area contributed by atoms with Crippen molar-refractivity contribution in [1.82, 2.24) is 5.09 Å². The van der Waals surface area contributed by atoms with Gasteiger partial charge in [0.2, 0.25) is 0 Å². The van der Waals surface area contributed by atoms with Crippen LogP contribution in [-0.2, 0) is 14.1 Å². The van der Waals surface area contributed by atoms with Crippen molar-refractivity contribution in [3.8, 4) is 0 Å². The van der Waals surface area contributed by atoms with Crippen LogP contribution in [0.25, 0.3) is 0 Å². The average molecular weight is 197 g/mol. The second kappa shape index (κ2) is 5.27. The number of rotatable bonds is 5. The Kier molecular flexibility index (Phi) is 5.08. The molecule has 0 fully saturated rings. The van der Waals surface area contributed by atoms with Crippen molar-refractivity contribution in [2.45, 2.75) is 13.3 Å². The molecule has 0 heterocycles. The fourth-order valence-corrected chi connectivity index (χ4v) is 0.770. The van der Waals surface area contributed by atoms with Crippen molar-refractivity contribution >= 4 is 13.7 Å². The quantitative estimate of drug-likeness (QED) is 0.410. The Bertz CT molecular complexity index is 188. The number of hydrogen-bond donors (Lipinski definition) is 3. The molecule has 0 aliphatic heterocycles. The van der Waals surface area contributed by atoms with Gasteiger partial charge in [-0.3, -0.25) is 4.79 Å². The summed E-state index contributed by atoms with van der Waals surface area (Å²) in [5, 5.41) is 1.72. The molecule has 12 heavy (non-hydrogen) atoms. The van der Waals surface area contributed by atoms with Crippen LogP contribution >= 0.6 is 7.75 Å². The third kappa shape index (κ3) is 7.68. The number of esters is 1. The molecule has 0 spiro atoms.